The number of rotatable bonds is 44. The van der Waals surface area contributed by atoms with Crippen LogP contribution in [0.1, 0.15) is 219 Å². The van der Waals surface area contributed by atoms with Gasteiger partial charge in [0.1, 0.15) is 43.2 Å². The minimum atomic E-state index is -5.13. The highest BCUT2D eigenvalue weighted by molar-refractivity contribution is 7.47. The molecule has 6 N–H and O–H groups in total. The monoisotopic (exact) mass is 971 g/mol. The van der Waals surface area contributed by atoms with Crippen LogP contribution in [-0.2, 0) is 32.7 Å². The van der Waals surface area contributed by atoms with Crippen molar-refractivity contribution >= 4 is 19.8 Å². The lowest BCUT2D eigenvalue weighted by Gasteiger charge is -2.41. The zero-order chi connectivity index (χ0) is 49.2. The molecule has 0 amide bonds. The van der Waals surface area contributed by atoms with Crippen LogP contribution in [0.3, 0.4) is 0 Å². The number of unbranched alkanes of at least 4 members (excludes halogenated alkanes) is 24. The Kier molecular flexibility index (Phi) is 40.0. The molecular weight excluding hydrogens is 876 g/mol. The van der Waals surface area contributed by atoms with E-state index in [1.165, 1.54) is 116 Å². The van der Waals surface area contributed by atoms with Gasteiger partial charge in [-0.1, -0.05) is 178 Å². The van der Waals surface area contributed by atoms with Crippen molar-refractivity contribution in [2.45, 2.75) is 262 Å². The Labute approximate surface area is 405 Å². The van der Waals surface area contributed by atoms with Gasteiger partial charge in [0.05, 0.1) is 6.61 Å². The number of carbonyl (C=O) groups excluding carboxylic acids is 2. The van der Waals surface area contributed by atoms with Gasteiger partial charge >= 0.3 is 19.8 Å². The number of carbonyl (C=O) groups is 2. The summed E-state index contributed by atoms with van der Waals surface area (Å²) in [4.78, 5) is 35.9. The summed E-state index contributed by atoms with van der Waals surface area (Å²) in [7, 11) is -5.13. The highest BCUT2D eigenvalue weighted by Crippen LogP contribution is 2.47. The second-order valence-corrected chi connectivity index (χ2v) is 19.8. The molecule has 14 heteroatoms. The van der Waals surface area contributed by atoms with Crippen LogP contribution in [0.5, 0.6) is 0 Å². The molecule has 1 rings (SSSR count). The largest absolute Gasteiger partial charge is 0.472 e. The number of allylic oxidation sites excluding steroid dienone is 8. The molecule has 0 radical (unpaired) electrons. The van der Waals surface area contributed by atoms with Crippen molar-refractivity contribution in [1.29, 1.82) is 0 Å². The molecule has 8 atom stereocenters. The van der Waals surface area contributed by atoms with E-state index in [4.69, 9.17) is 18.5 Å². The first-order chi connectivity index (χ1) is 32.4. The first-order valence-corrected chi connectivity index (χ1v) is 27.9. The second kappa shape index (κ2) is 42.7. The van der Waals surface area contributed by atoms with Gasteiger partial charge in [0, 0.05) is 12.8 Å². The zero-order valence-corrected chi connectivity index (χ0v) is 42.6. The summed E-state index contributed by atoms with van der Waals surface area (Å²) in [5, 5.41) is 50.3. The maximum Gasteiger partial charge on any atom is 0.472 e. The second-order valence-electron chi connectivity index (χ2n) is 18.4. The first kappa shape index (κ1) is 62.8. The highest BCUT2D eigenvalue weighted by Gasteiger charge is 2.51. The lowest BCUT2D eigenvalue weighted by molar-refractivity contribution is -0.220. The SMILES string of the molecule is CCCCC/C=C/C/C=C/C/C=C/CCCCCCC(=O)O[C@@H](COC(=O)CCCCCCCCCCCCC/C=C/CCCCCCCC)COP(=O)(O)OC1C(O)C(O)C(O)[C@H](O)C1O. The van der Waals surface area contributed by atoms with Gasteiger partial charge in [-0.25, -0.2) is 4.57 Å². The topological polar surface area (TPSA) is 210 Å². The van der Waals surface area contributed by atoms with Gasteiger partial charge < -0.3 is 39.9 Å². The van der Waals surface area contributed by atoms with Crippen molar-refractivity contribution < 1.29 is 63.1 Å². The summed E-state index contributed by atoms with van der Waals surface area (Å²) in [5.74, 6) is -1.12. The van der Waals surface area contributed by atoms with Gasteiger partial charge in [-0.3, -0.25) is 18.6 Å². The van der Waals surface area contributed by atoms with Gasteiger partial charge in [0.2, 0.25) is 0 Å². The molecule has 0 aromatic heterocycles. The molecule has 1 saturated carbocycles. The van der Waals surface area contributed by atoms with Crippen molar-refractivity contribution in [2.75, 3.05) is 13.2 Å². The molecule has 67 heavy (non-hydrogen) atoms. The Balaban J connectivity index is 2.39. The molecule has 0 aromatic carbocycles. The fraction of sp³-hybridized carbons (Fsp3) is 0.811. The standard InChI is InChI=1S/C53H95O13P/c1-3-5-7-9-11-13-15-17-19-21-22-23-24-26-27-29-31-33-35-37-39-41-46(54)63-43-45(44-64-67(61,62)66-53-51(59)49(57)48(56)50(58)52(53)60)65-47(55)42-40-38-36-34-32-30-28-25-20-18-16-14-12-10-8-6-4-2/h12,14,17-20,28,30,45,48-53,56-60H,3-11,13,15-16,21-27,29,31-44H2,1-2H3,(H,61,62)/b14-12+,19-17+,20-18+,30-28+/t45-,48?,49-,50?,51?,52?,53?/m0/s1. The summed E-state index contributed by atoms with van der Waals surface area (Å²) in [6.07, 6.45) is 38.7. The molecule has 1 fully saturated rings. The third-order valence-corrected chi connectivity index (χ3v) is 13.1. The molecule has 1 aliphatic rings. The molecule has 1 aliphatic carbocycles. The van der Waals surface area contributed by atoms with E-state index in [0.717, 1.165) is 64.2 Å². The smallest absolute Gasteiger partial charge is 0.462 e. The predicted molar refractivity (Wildman–Crippen MR) is 267 cm³/mol. The van der Waals surface area contributed by atoms with Crippen LogP contribution in [0.25, 0.3) is 0 Å². The van der Waals surface area contributed by atoms with E-state index in [0.29, 0.717) is 12.8 Å². The zero-order valence-electron chi connectivity index (χ0n) is 41.7. The maximum atomic E-state index is 12.9. The van der Waals surface area contributed by atoms with Crippen LogP contribution < -0.4 is 0 Å². The van der Waals surface area contributed by atoms with Crippen molar-refractivity contribution in [2.24, 2.45) is 0 Å². The normalized spacial score (nSPS) is 21.5. The molecule has 0 aromatic rings. The predicted octanol–water partition coefficient (Wildman–Crippen LogP) is 11.5. The molecule has 6 unspecified atom stereocenters. The molecule has 0 saturated heterocycles. The molecule has 0 spiro atoms. The summed E-state index contributed by atoms with van der Waals surface area (Å²) >= 11 is 0. The van der Waals surface area contributed by atoms with Gasteiger partial charge in [0.15, 0.2) is 6.10 Å². The van der Waals surface area contributed by atoms with Crippen molar-refractivity contribution in [3.8, 4) is 0 Å². The molecule has 13 nitrogen and oxygen atoms in total. The minimum Gasteiger partial charge on any atom is -0.462 e. The fourth-order valence-electron chi connectivity index (χ4n) is 7.88. The minimum absolute atomic E-state index is 0.0707. The number of aliphatic hydroxyl groups excluding tert-OH is 5. The van der Waals surface area contributed by atoms with E-state index in [-0.39, 0.29) is 12.8 Å². The van der Waals surface area contributed by atoms with Gasteiger partial charge in [0.25, 0.3) is 0 Å². The summed E-state index contributed by atoms with van der Waals surface area (Å²) in [5.41, 5.74) is 0. The number of hydrogen-bond donors (Lipinski definition) is 6. The van der Waals surface area contributed by atoms with E-state index in [1.807, 2.05) is 0 Å². The molecule has 0 bridgehead atoms. The Morgan fingerprint density at radius 3 is 1.27 bits per heavy atom. The summed E-state index contributed by atoms with van der Waals surface area (Å²) in [6, 6.07) is 0. The lowest BCUT2D eigenvalue weighted by atomic mass is 9.85. The van der Waals surface area contributed by atoms with Gasteiger partial charge in [-0.05, 0) is 77.0 Å². The average Bonchev–Trinajstić information content (AvgIpc) is 3.31. The van der Waals surface area contributed by atoms with E-state index < -0.39 is 75.7 Å². The van der Waals surface area contributed by atoms with Crippen molar-refractivity contribution in [3.63, 3.8) is 0 Å². The third kappa shape index (κ3) is 34.7. The average molecular weight is 971 g/mol. The molecule has 390 valence electrons. The molecule has 0 aliphatic heterocycles. The van der Waals surface area contributed by atoms with Crippen molar-refractivity contribution in [1.82, 2.24) is 0 Å². The van der Waals surface area contributed by atoms with E-state index in [2.05, 4.69) is 62.5 Å². The Morgan fingerprint density at radius 1 is 0.463 bits per heavy atom. The first-order valence-electron chi connectivity index (χ1n) is 26.4. The van der Waals surface area contributed by atoms with Crippen LogP contribution >= 0.6 is 7.82 Å². The van der Waals surface area contributed by atoms with Crippen LogP contribution in [0, 0.1) is 0 Å². The number of esters is 2. The van der Waals surface area contributed by atoms with Gasteiger partial charge in [-0.15, -0.1) is 0 Å². The Morgan fingerprint density at radius 2 is 0.806 bits per heavy atom. The Bertz CT molecular complexity index is 1350. The molecule has 0 heterocycles. The quantitative estimate of drug-likeness (QED) is 0.0145. The van der Waals surface area contributed by atoms with Crippen LogP contribution in [0.4, 0.5) is 0 Å². The maximum absolute atomic E-state index is 12.9. The number of hydrogen-bond acceptors (Lipinski definition) is 12. The number of ether oxygens (including phenoxy) is 2. The van der Waals surface area contributed by atoms with Crippen LogP contribution in [0.15, 0.2) is 48.6 Å². The van der Waals surface area contributed by atoms with Crippen molar-refractivity contribution in [3.05, 3.63) is 48.6 Å². The lowest BCUT2D eigenvalue weighted by Crippen LogP contribution is -2.64. The third-order valence-electron chi connectivity index (χ3n) is 12.1. The number of phosphoric ester groups is 1. The van der Waals surface area contributed by atoms with Crippen LogP contribution in [0.2, 0.25) is 0 Å². The van der Waals surface area contributed by atoms with Crippen LogP contribution in [-0.4, -0.2) is 98.3 Å². The summed E-state index contributed by atoms with van der Waals surface area (Å²) in [6.45, 7) is 3.27. The highest BCUT2D eigenvalue weighted by atomic mass is 31.2. The van der Waals surface area contributed by atoms with E-state index in [1.54, 1.807) is 0 Å². The van der Waals surface area contributed by atoms with Gasteiger partial charge in [-0.2, -0.15) is 0 Å². The Hall–Kier alpha value is -2.19. The molecular formula is C53H95O13P. The number of phosphoric acid groups is 1. The fourth-order valence-corrected chi connectivity index (χ4v) is 8.85. The van der Waals surface area contributed by atoms with E-state index in [9.17, 15) is 44.6 Å². The summed E-state index contributed by atoms with van der Waals surface area (Å²) < 4.78 is 33.6. The number of aliphatic hydroxyl groups is 5. The van der Waals surface area contributed by atoms with E-state index >= 15 is 0 Å².